The highest BCUT2D eigenvalue weighted by molar-refractivity contribution is 7.99. The van der Waals surface area contributed by atoms with Crippen molar-refractivity contribution in [3.05, 3.63) is 29.6 Å². The van der Waals surface area contributed by atoms with Crippen molar-refractivity contribution < 1.29 is 9.90 Å². The minimum Gasteiger partial charge on any atom is -0.388 e. The number of hydrogen-bond donors (Lipinski definition) is 1. The van der Waals surface area contributed by atoms with Crippen LogP contribution in [-0.2, 0) is 18.4 Å². The summed E-state index contributed by atoms with van der Waals surface area (Å²) in [6.07, 6.45) is 3.61. The Kier molecular flexibility index (Phi) is 5.64. The Bertz CT molecular complexity index is 750. The van der Waals surface area contributed by atoms with E-state index in [0.717, 1.165) is 30.9 Å². The van der Waals surface area contributed by atoms with Gasteiger partial charge in [0.1, 0.15) is 12.4 Å². The minimum atomic E-state index is -0.133. The molecular weight excluding hydrogens is 340 g/mol. The molecular formula is C16H22N6O2S. The van der Waals surface area contributed by atoms with Crippen molar-refractivity contribution >= 4 is 17.7 Å². The number of likely N-dealkylation sites (tertiary alicyclic amines) is 1. The van der Waals surface area contributed by atoms with Crippen molar-refractivity contribution in [3.63, 3.8) is 0 Å². The van der Waals surface area contributed by atoms with Gasteiger partial charge in [0, 0.05) is 37.9 Å². The molecule has 9 heteroatoms. The van der Waals surface area contributed by atoms with Crippen LogP contribution >= 0.6 is 11.8 Å². The predicted molar refractivity (Wildman–Crippen MR) is 93.0 cm³/mol. The molecule has 1 atom stereocenters. The largest absolute Gasteiger partial charge is 0.388 e. The van der Waals surface area contributed by atoms with Gasteiger partial charge in [-0.3, -0.25) is 4.79 Å². The Morgan fingerprint density at radius 1 is 1.44 bits per heavy atom. The van der Waals surface area contributed by atoms with E-state index in [9.17, 15) is 9.90 Å². The van der Waals surface area contributed by atoms with Crippen LogP contribution in [0.15, 0.2) is 17.4 Å². The van der Waals surface area contributed by atoms with E-state index in [1.807, 2.05) is 29.5 Å². The first-order valence-corrected chi connectivity index (χ1v) is 9.26. The van der Waals surface area contributed by atoms with E-state index in [1.54, 1.807) is 6.20 Å². The molecule has 2 aromatic rings. The molecule has 1 amide bonds. The lowest BCUT2D eigenvalue weighted by Gasteiger charge is -2.32. The predicted octanol–water partition coefficient (Wildman–Crippen LogP) is 0.904. The van der Waals surface area contributed by atoms with Gasteiger partial charge in [0.15, 0.2) is 11.0 Å². The maximum atomic E-state index is 12.5. The number of aliphatic hydroxyl groups excluding tert-OH is 1. The molecule has 8 nitrogen and oxygen atoms in total. The van der Waals surface area contributed by atoms with E-state index >= 15 is 0 Å². The van der Waals surface area contributed by atoms with E-state index in [4.69, 9.17) is 0 Å². The molecule has 1 fully saturated rings. The molecule has 25 heavy (non-hydrogen) atoms. The van der Waals surface area contributed by atoms with E-state index in [-0.39, 0.29) is 18.4 Å². The maximum absolute atomic E-state index is 12.5. The monoisotopic (exact) mass is 362 g/mol. The molecule has 0 unspecified atom stereocenters. The van der Waals surface area contributed by atoms with Gasteiger partial charge < -0.3 is 14.6 Å². The highest BCUT2D eigenvalue weighted by Gasteiger charge is 2.28. The van der Waals surface area contributed by atoms with Crippen LogP contribution < -0.4 is 0 Å². The normalized spacial score (nSPS) is 17.7. The standard InChI is InChI=1S/C16H22N6O2S/c1-11-5-6-17-16(18-11)25-10-14(24)22-7-3-4-12(8-22)15-20-19-13(9-23)21(15)2/h5-6,12,23H,3-4,7-10H2,1-2H3/t12-/m0/s1. The van der Waals surface area contributed by atoms with Crippen LogP contribution in [-0.4, -0.2) is 59.5 Å². The minimum absolute atomic E-state index is 0.0874. The Labute approximate surface area is 150 Å². The van der Waals surface area contributed by atoms with Gasteiger partial charge in [-0.1, -0.05) is 11.8 Å². The number of piperidine rings is 1. The third kappa shape index (κ3) is 4.16. The molecule has 0 spiro atoms. The fourth-order valence-electron chi connectivity index (χ4n) is 3.00. The maximum Gasteiger partial charge on any atom is 0.233 e. The summed E-state index contributed by atoms with van der Waals surface area (Å²) in [4.78, 5) is 22.9. The van der Waals surface area contributed by atoms with E-state index < -0.39 is 0 Å². The number of aromatic nitrogens is 5. The zero-order valence-electron chi connectivity index (χ0n) is 14.4. The molecule has 0 saturated carbocycles. The molecule has 1 aliphatic heterocycles. The summed E-state index contributed by atoms with van der Waals surface area (Å²) in [6, 6.07) is 1.84. The molecule has 3 rings (SSSR count). The second-order valence-electron chi connectivity index (χ2n) is 6.14. The third-order valence-corrected chi connectivity index (χ3v) is 5.22. The molecule has 3 heterocycles. The number of nitrogens with zero attached hydrogens (tertiary/aromatic N) is 6. The summed E-state index contributed by atoms with van der Waals surface area (Å²) in [5, 5.41) is 18.1. The highest BCUT2D eigenvalue weighted by atomic mass is 32.2. The number of amides is 1. The number of carbonyl (C=O) groups is 1. The molecule has 0 aliphatic carbocycles. The van der Waals surface area contributed by atoms with Crippen LogP contribution in [0.2, 0.25) is 0 Å². The SMILES string of the molecule is Cc1ccnc(SCC(=O)N2CCC[C@H](c3nnc(CO)n3C)C2)n1. The van der Waals surface area contributed by atoms with Crippen molar-refractivity contribution in [2.75, 3.05) is 18.8 Å². The zero-order valence-corrected chi connectivity index (χ0v) is 15.2. The lowest BCUT2D eigenvalue weighted by atomic mass is 9.97. The highest BCUT2D eigenvalue weighted by Crippen LogP contribution is 2.26. The van der Waals surface area contributed by atoms with E-state index in [0.29, 0.717) is 23.3 Å². The van der Waals surface area contributed by atoms with Crippen LogP contribution in [0.5, 0.6) is 0 Å². The van der Waals surface area contributed by atoms with Crippen molar-refractivity contribution in [1.29, 1.82) is 0 Å². The summed E-state index contributed by atoms with van der Waals surface area (Å²) in [5.74, 6) is 1.94. The third-order valence-electron chi connectivity index (χ3n) is 4.38. The lowest BCUT2D eigenvalue weighted by Crippen LogP contribution is -2.40. The Hall–Kier alpha value is -2.00. The fraction of sp³-hybridized carbons (Fsp3) is 0.562. The number of rotatable bonds is 5. The number of thioether (sulfide) groups is 1. The van der Waals surface area contributed by atoms with E-state index in [1.165, 1.54) is 11.8 Å². The molecule has 2 aromatic heterocycles. The van der Waals surface area contributed by atoms with Gasteiger partial charge in [0.25, 0.3) is 0 Å². The molecule has 134 valence electrons. The number of aryl methyl sites for hydroxylation is 1. The van der Waals surface area contributed by atoms with Gasteiger partial charge in [-0.15, -0.1) is 10.2 Å². The zero-order chi connectivity index (χ0) is 17.8. The molecule has 0 bridgehead atoms. The van der Waals surface area contributed by atoms with Crippen LogP contribution in [0.3, 0.4) is 0 Å². The quantitative estimate of drug-likeness (QED) is 0.623. The number of aliphatic hydroxyl groups is 1. The smallest absolute Gasteiger partial charge is 0.233 e. The summed E-state index contributed by atoms with van der Waals surface area (Å²) in [6.45, 7) is 3.16. The van der Waals surface area contributed by atoms with Gasteiger partial charge in [-0.25, -0.2) is 9.97 Å². The summed E-state index contributed by atoms with van der Waals surface area (Å²) in [7, 11) is 1.85. The summed E-state index contributed by atoms with van der Waals surface area (Å²) >= 11 is 1.36. The summed E-state index contributed by atoms with van der Waals surface area (Å²) < 4.78 is 1.83. The number of carbonyl (C=O) groups excluding carboxylic acids is 1. The van der Waals surface area contributed by atoms with Crippen LogP contribution in [0.4, 0.5) is 0 Å². The Morgan fingerprint density at radius 2 is 2.28 bits per heavy atom. The van der Waals surface area contributed by atoms with Gasteiger partial charge in [0.05, 0.1) is 5.75 Å². The first-order valence-electron chi connectivity index (χ1n) is 8.27. The van der Waals surface area contributed by atoms with Gasteiger partial charge in [0.2, 0.25) is 5.91 Å². The van der Waals surface area contributed by atoms with Gasteiger partial charge >= 0.3 is 0 Å². The average molecular weight is 362 g/mol. The average Bonchev–Trinajstić information content (AvgIpc) is 3.00. The molecule has 1 saturated heterocycles. The van der Waals surface area contributed by atoms with Crippen LogP contribution in [0.1, 0.15) is 36.1 Å². The molecule has 0 aromatic carbocycles. The first-order chi connectivity index (χ1) is 12.1. The van der Waals surface area contributed by atoms with Crippen LogP contribution in [0.25, 0.3) is 0 Å². The van der Waals surface area contributed by atoms with Gasteiger partial charge in [-0.05, 0) is 25.8 Å². The van der Waals surface area contributed by atoms with Crippen molar-refractivity contribution in [2.45, 2.75) is 37.4 Å². The molecule has 1 N–H and O–H groups in total. The molecule has 1 aliphatic rings. The van der Waals surface area contributed by atoms with Crippen LogP contribution in [0, 0.1) is 6.92 Å². The second kappa shape index (κ2) is 7.92. The van der Waals surface area contributed by atoms with Crippen molar-refractivity contribution in [3.8, 4) is 0 Å². The first kappa shape index (κ1) is 17.8. The number of hydrogen-bond acceptors (Lipinski definition) is 7. The summed E-state index contributed by atoms with van der Waals surface area (Å²) in [5.41, 5.74) is 0.893. The molecule has 0 radical (unpaired) electrons. The van der Waals surface area contributed by atoms with E-state index in [2.05, 4.69) is 20.2 Å². The Morgan fingerprint density at radius 3 is 3.00 bits per heavy atom. The van der Waals surface area contributed by atoms with Crippen molar-refractivity contribution in [2.24, 2.45) is 7.05 Å². The topological polar surface area (TPSA) is 97.0 Å². The fourth-order valence-corrected chi connectivity index (χ4v) is 3.78. The Balaban J connectivity index is 1.60. The second-order valence-corrected chi connectivity index (χ2v) is 7.08. The van der Waals surface area contributed by atoms with Crippen molar-refractivity contribution in [1.82, 2.24) is 29.6 Å². The lowest BCUT2D eigenvalue weighted by molar-refractivity contribution is -0.129. The van der Waals surface area contributed by atoms with Gasteiger partial charge in [-0.2, -0.15) is 0 Å².